The molecule has 1 aromatic rings. The molecular formula is C28H34ClN5O7. The summed E-state index contributed by atoms with van der Waals surface area (Å²) in [6.07, 6.45) is 5.37. The number of benzene rings is 1. The summed E-state index contributed by atoms with van der Waals surface area (Å²) in [5.41, 5.74) is 0.901. The Morgan fingerprint density at radius 1 is 1.12 bits per heavy atom. The molecule has 41 heavy (non-hydrogen) atoms. The second-order valence-corrected chi connectivity index (χ2v) is 9.26. The van der Waals surface area contributed by atoms with Crippen molar-refractivity contribution in [1.82, 2.24) is 0 Å². The number of esters is 3. The van der Waals surface area contributed by atoms with Crippen molar-refractivity contribution in [2.75, 3.05) is 38.8 Å². The number of aliphatic imine (C=N–C) groups is 1. The Hall–Kier alpha value is -4.24. The number of phenols is 1. The summed E-state index contributed by atoms with van der Waals surface area (Å²) >= 11 is 6.20. The van der Waals surface area contributed by atoms with Crippen molar-refractivity contribution in [2.45, 2.75) is 51.9 Å². The van der Waals surface area contributed by atoms with Gasteiger partial charge in [0.1, 0.15) is 28.2 Å². The highest BCUT2D eigenvalue weighted by Crippen LogP contribution is 2.33. The van der Waals surface area contributed by atoms with Crippen LogP contribution in [0.1, 0.15) is 51.9 Å². The van der Waals surface area contributed by atoms with E-state index in [-0.39, 0.29) is 67.0 Å². The number of nitriles is 1. The number of methoxy groups -OCH3 is 2. The van der Waals surface area contributed by atoms with E-state index in [2.05, 4.69) is 31.6 Å². The monoisotopic (exact) mass is 587 g/mol. The average Bonchev–Trinajstić information content (AvgIpc) is 3.32. The van der Waals surface area contributed by atoms with Crippen LogP contribution in [-0.2, 0) is 28.6 Å². The van der Waals surface area contributed by atoms with Gasteiger partial charge in [-0.25, -0.2) is 9.79 Å². The van der Waals surface area contributed by atoms with E-state index in [0.29, 0.717) is 11.3 Å². The third-order valence-electron chi connectivity index (χ3n) is 5.96. The van der Waals surface area contributed by atoms with Crippen LogP contribution in [0.2, 0.25) is 0 Å². The molecule has 1 aliphatic heterocycles. The maximum Gasteiger partial charge on any atom is 0.348 e. The highest BCUT2D eigenvalue weighted by Gasteiger charge is 2.19. The van der Waals surface area contributed by atoms with Crippen molar-refractivity contribution in [2.24, 2.45) is 15.2 Å². The van der Waals surface area contributed by atoms with E-state index < -0.39 is 17.9 Å². The number of allylic oxidation sites excluding steroid dienone is 1. The summed E-state index contributed by atoms with van der Waals surface area (Å²) in [6, 6.07) is 6.45. The largest absolute Gasteiger partial charge is 0.506 e. The minimum atomic E-state index is -0.728. The van der Waals surface area contributed by atoms with Gasteiger partial charge in [0.25, 0.3) is 0 Å². The SMILES string of the molecule is CCCCCCOC(=O)/C(C#N)=C/C1=C(Cl)N=C(/N=N/c2ccc(N(CCC(=O)OC)CCC(=O)OC)cc2O)C1. The van der Waals surface area contributed by atoms with Gasteiger partial charge < -0.3 is 24.2 Å². The van der Waals surface area contributed by atoms with Gasteiger partial charge >= 0.3 is 17.9 Å². The Labute approximate surface area is 243 Å². The summed E-state index contributed by atoms with van der Waals surface area (Å²) in [5, 5.41) is 28.1. The maximum absolute atomic E-state index is 12.3. The van der Waals surface area contributed by atoms with Crippen LogP contribution >= 0.6 is 11.6 Å². The van der Waals surface area contributed by atoms with Crippen LogP contribution in [0, 0.1) is 11.3 Å². The molecule has 1 N–H and O–H groups in total. The first-order valence-corrected chi connectivity index (χ1v) is 13.5. The molecule has 0 aliphatic carbocycles. The zero-order valence-corrected chi connectivity index (χ0v) is 24.1. The molecule has 0 saturated heterocycles. The predicted octanol–water partition coefficient (Wildman–Crippen LogP) is 5.23. The summed E-state index contributed by atoms with van der Waals surface area (Å²) in [4.78, 5) is 41.3. The number of anilines is 1. The Kier molecular flexibility index (Phi) is 14.0. The van der Waals surface area contributed by atoms with E-state index in [0.717, 1.165) is 25.7 Å². The first-order chi connectivity index (χ1) is 19.7. The Bertz CT molecular complexity index is 1250. The number of amidine groups is 1. The number of azo groups is 1. The topological polar surface area (TPSA) is 163 Å². The molecule has 1 aliphatic rings. The molecule has 0 atom stereocenters. The van der Waals surface area contributed by atoms with Crippen LogP contribution in [0.5, 0.6) is 5.75 Å². The van der Waals surface area contributed by atoms with Crippen LogP contribution in [0.25, 0.3) is 0 Å². The second kappa shape index (κ2) is 17.5. The van der Waals surface area contributed by atoms with Crippen molar-refractivity contribution in [1.29, 1.82) is 5.26 Å². The molecule has 0 fully saturated rings. The van der Waals surface area contributed by atoms with Gasteiger partial charge in [0.15, 0.2) is 5.84 Å². The van der Waals surface area contributed by atoms with Gasteiger partial charge in [-0.1, -0.05) is 37.8 Å². The van der Waals surface area contributed by atoms with Gasteiger partial charge in [-0.15, -0.1) is 10.2 Å². The molecule has 0 saturated carbocycles. The summed E-state index contributed by atoms with van der Waals surface area (Å²) in [7, 11) is 2.58. The van der Waals surface area contributed by atoms with Gasteiger partial charge in [-0.05, 0) is 30.2 Å². The lowest BCUT2D eigenvalue weighted by atomic mass is 10.1. The third kappa shape index (κ3) is 11.0. The molecule has 2 rings (SSSR count). The third-order valence-corrected chi connectivity index (χ3v) is 6.28. The lowest BCUT2D eigenvalue weighted by Gasteiger charge is -2.24. The number of nitrogens with zero attached hydrogens (tertiary/aromatic N) is 5. The number of hydrogen-bond acceptors (Lipinski definition) is 12. The minimum Gasteiger partial charge on any atom is -0.506 e. The average molecular weight is 588 g/mol. The van der Waals surface area contributed by atoms with E-state index in [1.165, 1.54) is 32.4 Å². The van der Waals surface area contributed by atoms with E-state index >= 15 is 0 Å². The van der Waals surface area contributed by atoms with Crippen molar-refractivity contribution in [3.05, 3.63) is 40.6 Å². The number of phenolic OH excluding ortho intramolecular Hbond substituents is 1. The molecule has 13 heteroatoms. The molecule has 0 spiro atoms. The normalized spacial score (nSPS) is 13.1. The Balaban J connectivity index is 2.06. The molecule has 0 bridgehead atoms. The number of unbranched alkanes of at least 4 members (excludes halogenated alkanes) is 3. The molecule has 1 aromatic carbocycles. The fourth-order valence-corrected chi connectivity index (χ4v) is 3.87. The van der Waals surface area contributed by atoms with E-state index in [1.54, 1.807) is 11.0 Å². The summed E-state index contributed by atoms with van der Waals surface area (Å²) in [6.45, 7) is 2.81. The maximum atomic E-state index is 12.3. The number of rotatable bonds is 15. The van der Waals surface area contributed by atoms with Crippen LogP contribution in [0.3, 0.4) is 0 Å². The fourth-order valence-electron chi connectivity index (χ4n) is 3.65. The Morgan fingerprint density at radius 2 is 1.80 bits per heavy atom. The molecule has 0 aromatic heterocycles. The lowest BCUT2D eigenvalue weighted by Crippen LogP contribution is -2.29. The molecule has 12 nitrogen and oxygen atoms in total. The first kappa shape index (κ1) is 33.0. The van der Waals surface area contributed by atoms with Crippen molar-refractivity contribution in [3.63, 3.8) is 0 Å². The number of carbonyl (C=O) groups excluding carboxylic acids is 3. The summed E-state index contributed by atoms with van der Waals surface area (Å²) in [5.74, 6) is -1.54. The predicted molar refractivity (Wildman–Crippen MR) is 152 cm³/mol. The van der Waals surface area contributed by atoms with Crippen LogP contribution in [0.15, 0.2) is 55.8 Å². The van der Waals surface area contributed by atoms with E-state index in [4.69, 9.17) is 16.3 Å². The van der Waals surface area contributed by atoms with Gasteiger partial charge in [-0.3, -0.25) is 9.59 Å². The second-order valence-electron chi connectivity index (χ2n) is 8.90. The fraction of sp³-hybridized carbons (Fsp3) is 0.464. The zero-order chi connectivity index (χ0) is 30.2. The van der Waals surface area contributed by atoms with Gasteiger partial charge in [-0.2, -0.15) is 5.26 Å². The number of aromatic hydroxyl groups is 1. The molecule has 220 valence electrons. The summed E-state index contributed by atoms with van der Waals surface area (Å²) < 4.78 is 14.5. The van der Waals surface area contributed by atoms with Crippen LogP contribution in [0.4, 0.5) is 11.4 Å². The number of halogens is 1. The molecule has 0 radical (unpaired) electrons. The van der Waals surface area contributed by atoms with Crippen LogP contribution < -0.4 is 4.90 Å². The standard InChI is InChI=1S/C28H34ClN5O7/c1-4-5-6-7-14-41-28(38)20(18-30)15-19-16-24(31-27(19)29)33-32-22-9-8-21(17-23(22)35)34(12-10-25(36)39-2)13-11-26(37)40-3/h8-9,15,17,35H,4-7,10-14,16H2,1-3H3/b20-15+,33-32+. The van der Waals surface area contributed by atoms with Gasteiger partial charge in [0, 0.05) is 31.3 Å². The van der Waals surface area contributed by atoms with Crippen molar-refractivity contribution >= 4 is 46.7 Å². The van der Waals surface area contributed by atoms with Crippen molar-refractivity contribution < 1.29 is 33.7 Å². The van der Waals surface area contributed by atoms with E-state index in [9.17, 15) is 24.8 Å². The van der Waals surface area contributed by atoms with Gasteiger partial charge in [0.05, 0.1) is 33.7 Å². The number of ether oxygens (including phenoxy) is 3. The Morgan fingerprint density at radius 3 is 2.39 bits per heavy atom. The quantitative estimate of drug-likeness (QED) is 0.0550. The molecule has 1 heterocycles. The number of hydrogen-bond donors (Lipinski definition) is 1. The molecule has 0 amide bonds. The number of carbonyl (C=O) groups is 3. The zero-order valence-electron chi connectivity index (χ0n) is 23.4. The van der Waals surface area contributed by atoms with Gasteiger partial charge in [0.2, 0.25) is 0 Å². The van der Waals surface area contributed by atoms with E-state index in [1.807, 2.05) is 6.07 Å². The molecular weight excluding hydrogens is 554 g/mol. The lowest BCUT2D eigenvalue weighted by molar-refractivity contribution is -0.140. The first-order valence-electron chi connectivity index (χ1n) is 13.1. The molecule has 0 unspecified atom stereocenters. The minimum absolute atomic E-state index is 0.0638. The highest BCUT2D eigenvalue weighted by molar-refractivity contribution is 6.31. The van der Waals surface area contributed by atoms with Crippen molar-refractivity contribution in [3.8, 4) is 11.8 Å². The van der Waals surface area contributed by atoms with Crippen LogP contribution in [-0.4, -0.2) is 62.8 Å². The highest BCUT2D eigenvalue weighted by atomic mass is 35.5. The smallest absolute Gasteiger partial charge is 0.348 e.